The van der Waals surface area contributed by atoms with E-state index in [1.807, 2.05) is 0 Å². The third-order valence-electron chi connectivity index (χ3n) is 3.03. The summed E-state index contributed by atoms with van der Waals surface area (Å²) in [5, 5.41) is 19.6. The number of hydrogen-bond acceptors (Lipinski definition) is 4. The fraction of sp³-hybridized carbons (Fsp3) is 0.727. The number of hydrogen-bond donors (Lipinski definition) is 3. The predicted molar refractivity (Wildman–Crippen MR) is 63.8 cm³/mol. The number of rotatable bonds is 5. The third kappa shape index (κ3) is 4.74. The molecule has 1 saturated heterocycles. The molecule has 8 nitrogen and oxygen atoms in total. The van der Waals surface area contributed by atoms with Gasteiger partial charge in [-0.25, -0.2) is 9.59 Å². The Kier molecular flexibility index (Phi) is 5.56. The van der Waals surface area contributed by atoms with Crippen LogP contribution in [-0.2, 0) is 14.3 Å². The zero-order valence-corrected chi connectivity index (χ0v) is 10.7. The Hall–Kier alpha value is -1.83. The van der Waals surface area contributed by atoms with Crippen LogP contribution in [0.3, 0.4) is 0 Å². The van der Waals surface area contributed by atoms with Crippen molar-refractivity contribution in [1.29, 1.82) is 0 Å². The monoisotopic (exact) mass is 274 g/mol. The van der Waals surface area contributed by atoms with Crippen molar-refractivity contribution in [3.63, 3.8) is 0 Å². The van der Waals surface area contributed by atoms with Crippen molar-refractivity contribution in [3.8, 4) is 0 Å². The Morgan fingerprint density at radius 1 is 1.32 bits per heavy atom. The number of urea groups is 1. The fourth-order valence-electron chi connectivity index (χ4n) is 1.86. The molecule has 8 heteroatoms. The summed E-state index contributed by atoms with van der Waals surface area (Å²) in [6.07, 6.45) is 0.712. The highest BCUT2D eigenvalue weighted by Crippen LogP contribution is 2.13. The lowest BCUT2D eigenvalue weighted by molar-refractivity contribution is -0.145. The van der Waals surface area contributed by atoms with Crippen molar-refractivity contribution in [2.45, 2.75) is 31.3 Å². The van der Waals surface area contributed by atoms with Crippen LogP contribution in [0.2, 0.25) is 0 Å². The van der Waals surface area contributed by atoms with Crippen LogP contribution in [0.4, 0.5) is 4.79 Å². The summed E-state index contributed by atoms with van der Waals surface area (Å²) in [6, 6.07) is -2.03. The summed E-state index contributed by atoms with van der Waals surface area (Å²) in [4.78, 5) is 34.6. The van der Waals surface area contributed by atoms with Gasteiger partial charge in [0.1, 0.15) is 6.04 Å². The Labute approximate surface area is 110 Å². The first kappa shape index (κ1) is 15.2. The molecular weight excluding hydrogens is 256 g/mol. The lowest BCUT2D eigenvalue weighted by Crippen LogP contribution is -2.51. The highest BCUT2D eigenvalue weighted by Gasteiger charge is 2.27. The topological polar surface area (TPSA) is 116 Å². The van der Waals surface area contributed by atoms with Gasteiger partial charge in [0.2, 0.25) is 0 Å². The fourth-order valence-corrected chi connectivity index (χ4v) is 1.86. The van der Waals surface area contributed by atoms with Gasteiger partial charge in [-0.2, -0.15) is 0 Å². The van der Waals surface area contributed by atoms with Gasteiger partial charge in [0, 0.05) is 26.3 Å². The van der Waals surface area contributed by atoms with Gasteiger partial charge in [-0.05, 0) is 12.8 Å². The first-order chi connectivity index (χ1) is 8.91. The number of carbonyl (C=O) groups excluding carboxylic acids is 1. The van der Waals surface area contributed by atoms with Crippen LogP contribution in [0.25, 0.3) is 0 Å². The smallest absolute Gasteiger partial charge is 0.326 e. The van der Waals surface area contributed by atoms with E-state index < -0.39 is 30.4 Å². The minimum atomic E-state index is -1.42. The maximum atomic E-state index is 11.9. The second-order valence-corrected chi connectivity index (χ2v) is 4.39. The first-order valence-corrected chi connectivity index (χ1v) is 5.97. The molecule has 1 heterocycles. The molecule has 1 aliphatic rings. The quantitative estimate of drug-likeness (QED) is 0.635. The number of ether oxygens (including phenoxy) is 1. The lowest BCUT2D eigenvalue weighted by atomic mass is 10.1. The molecule has 0 unspecified atom stereocenters. The summed E-state index contributed by atoms with van der Waals surface area (Å²) >= 11 is 0. The lowest BCUT2D eigenvalue weighted by Gasteiger charge is -2.31. The number of nitrogens with zero attached hydrogens (tertiary/aromatic N) is 1. The summed E-state index contributed by atoms with van der Waals surface area (Å²) in [5.41, 5.74) is 0. The Bertz CT molecular complexity index is 353. The largest absolute Gasteiger partial charge is 0.481 e. The van der Waals surface area contributed by atoms with E-state index in [2.05, 4.69) is 5.32 Å². The van der Waals surface area contributed by atoms with Crippen molar-refractivity contribution in [2.75, 3.05) is 20.3 Å². The maximum Gasteiger partial charge on any atom is 0.326 e. The number of carboxylic acid groups (broad SMARTS) is 2. The van der Waals surface area contributed by atoms with Gasteiger partial charge in [-0.15, -0.1) is 0 Å². The molecule has 1 rings (SSSR count). The Morgan fingerprint density at radius 3 is 2.37 bits per heavy atom. The number of aliphatic carboxylic acids is 2. The van der Waals surface area contributed by atoms with Gasteiger partial charge in [0.15, 0.2) is 0 Å². The molecule has 0 aromatic rings. The molecule has 1 aliphatic heterocycles. The average Bonchev–Trinajstić information content (AvgIpc) is 2.37. The molecule has 0 aromatic carbocycles. The average molecular weight is 274 g/mol. The molecule has 0 bridgehead atoms. The van der Waals surface area contributed by atoms with Gasteiger partial charge in [0.05, 0.1) is 6.42 Å². The minimum Gasteiger partial charge on any atom is -0.481 e. The zero-order chi connectivity index (χ0) is 14.4. The van der Waals surface area contributed by atoms with E-state index >= 15 is 0 Å². The summed E-state index contributed by atoms with van der Waals surface area (Å²) in [5.74, 6) is -2.64. The van der Waals surface area contributed by atoms with Gasteiger partial charge >= 0.3 is 18.0 Å². The minimum absolute atomic E-state index is 0.0203. The van der Waals surface area contributed by atoms with Crippen LogP contribution in [-0.4, -0.2) is 65.4 Å². The van der Waals surface area contributed by atoms with Crippen molar-refractivity contribution in [3.05, 3.63) is 0 Å². The van der Waals surface area contributed by atoms with Crippen LogP contribution in [0.1, 0.15) is 19.3 Å². The van der Waals surface area contributed by atoms with Gasteiger partial charge in [0.25, 0.3) is 0 Å². The normalized spacial score (nSPS) is 17.5. The van der Waals surface area contributed by atoms with Crippen molar-refractivity contribution >= 4 is 18.0 Å². The van der Waals surface area contributed by atoms with Gasteiger partial charge < -0.3 is 25.2 Å². The second-order valence-electron chi connectivity index (χ2n) is 4.39. The highest BCUT2D eigenvalue weighted by atomic mass is 16.5. The molecule has 19 heavy (non-hydrogen) atoms. The molecule has 1 fully saturated rings. The van der Waals surface area contributed by atoms with E-state index in [1.54, 1.807) is 7.05 Å². The van der Waals surface area contributed by atoms with Crippen molar-refractivity contribution in [1.82, 2.24) is 10.2 Å². The third-order valence-corrected chi connectivity index (χ3v) is 3.03. The number of amides is 2. The van der Waals surface area contributed by atoms with Crippen LogP contribution in [0, 0.1) is 0 Å². The number of carboxylic acids is 2. The number of carbonyl (C=O) groups is 3. The zero-order valence-electron chi connectivity index (χ0n) is 10.7. The van der Waals surface area contributed by atoms with Gasteiger partial charge in [-0.3, -0.25) is 4.79 Å². The van der Waals surface area contributed by atoms with E-state index in [0.717, 1.165) is 0 Å². The van der Waals surface area contributed by atoms with E-state index in [-0.39, 0.29) is 6.04 Å². The van der Waals surface area contributed by atoms with E-state index in [9.17, 15) is 14.4 Å². The summed E-state index contributed by atoms with van der Waals surface area (Å²) in [7, 11) is 1.56. The molecule has 0 aliphatic carbocycles. The molecule has 108 valence electrons. The van der Waals surface area contributed by atoms with E-state index in [4.69, 9.17) is 14.9 Å². The number of nitrogens with one attached hydrogen (secondary N) is 1. The molecule has 2 amide bonds. The first-order valence-electron chi connectivity index (χ1n) is 5.97. The predicted octanol–water partition coefficient (Wildman–Crippen LogP) is -0.265. The maximum absolute atomic E-state index is 11.9. The van der Waals surface area contributed by atoms with Crippen molar-refractivity contribution in [2.24, 2.45) is 0 Å². The van der Waals surface area contributed by atoms with E-state index in [0.29, 0.717) is 26.1 Å². The molecule has 0 saturated carbocycles. The molecule has 3 N–H and O–H groups in total. The summed E-state index contributed by atoms with van der Waals surface area (Å²) in [6.45, 7) is 1.11. The van der Waals surface area contributed by atoms with Gasteiger partial charge in [-0.1, -0.05) is 0 Å². The molecule has 0 aromatic heterocycles. The van der Waals surface area contributed by atoms with Crippen LogP contribution in [0.5, 0.6) is 0 Å². The molecule has 0 radical (unpaired) electrons. The molecule has 1 atom stereocenters. The Morgan fingerprint density at radius 2 is 1.89 bits per heavy atom. The van der Waals surface area contributed by atoms with Crippen LogP contribution < -0.4 is 5.32 Å². The summed E-state index contributed by atoms with van der Waals surface area (Å²) < 4.78 is 5.17. The standard InChI is InChI=1S/C11H18N2O6/c1-13(7-2-4-19-5-3-7)11(18)12-8(10(16)17)6-9(14)15/h7-8H,2-6H2,1H3,(H,12,18)(H,14,15)(H,16,17)/t8-/m0/s1. The van der Waals surface area contributed by atoms with Crippen molar-refractivity contribution < 1.29 is 29.3 Å². The van der Waals surface area contributed by atoms with Crippen LogP contribution in [0.15, 0.2) is 0 Å². The highest BCUT2D eigenvalue weighted by molar-refractivity contribution is 5.86. The second kappa shape index (κ2) is 6.93. The van der Waals surface area contributed by atoms with Crippen LogP contribution >= 0.6 is 0 Å². The molecular formula is C11H18N2O6. The molecule has 0 spiro atoms. The SMILES string of the molecule is CN(C(=O)N[C@@H](CC(=O)O)C(=O)O)C1CCOCC1. The van der Waals surface area contributed by atoms with E-state index in [1.165, 1.54) is 4.90 Å². The Balaban J connectivity index is 2.55.